The van der Waals surface area contributed by atoms with Crippen molar-refractivity contribution in [3.63, 3.8) is 0 Å². The molecule has 1 rings (SSSR count). The first-order chi connectivity index (χ1) is 6.45. The van der Waals surface area contributed by atoms with Crippen LogP contribution in [0.2, 0.25) is 0 Å². The number of likely N-dealkylation sites (N-methyl/N-ethyl adjacent to an activating group) is 1. The van der Waals surface area contributed by atoms with E-state index in [0.29, 0.717) is 0 Å². The summed E-state index contributed by atoms with van der Waals surface area (Å²) >= 11 is 0. The molecule has 14 heavy (non-hydrogen) atoms. The number of carbonyl (C=O) groups is 1. The number of hydrogen-bond acceptors (Lipinski definition) is 4. The average Bonchev–Trinajstić information content (AvgIpc) is 2.87. The molecule has 1 fully saturated rings. The molecule has 82 valence electrons. The number of carbonyl (C=O) groups excluding carboxylic acids is 1. The molecular weight excluding hydrogens is 208 g/mol. The zero-order chi connectivity index (χ0) is 10.8. The number of methoxy groups -OCH3 is 1. The summed E-state index contributed by atoms with van der Waals surface area (Å²) < 4.78 is 30.6. The van der Waals surface area contributed by atoms with E-state index in [9.17, 15) is 13.2 Å². The van der Waals surface area contributed by atoms with Gasteiger partial charge in [0, 0.05) is 13.1 Å². The molecule has 0 bridgehead atoms. The van der Waals surface area contributed by atoms with Gasteiger partial charge in [0.05, 0.1) is 7.11 Å². The lowest BCUT2D eigenvalue weighted by molar-refractivity contribution is -0.140. The minimum absolute atomic E-state index is 0.0418. The van der Waals surface area contributed by atoms with Crippen LogP contribution in [0.1, 0.15) is 12.8 Å². The van der Waals surface area contributed by atoms with Gasteiger partial charge in [-0.05, 0) is 12.8 Å². The lowest BCUT2D eigenvalue weighted by Gasteiger charge is -2.15. The van der Waals surface area contributed by atoms with Crippen molar-refractivity contribution in [2.24, 2.45) is 0 Å². The standard InChI is InChI=1S/C7H14N2O4S/c1-9(5-7(10)13-2)14(11,12)8-6-3-4-6/h6,8H,3-5H2,1-2H3. The maximum atomic E-state index is 11.4. The van der Waals surface area contributed by atoms with Crippen molar-refractivity contribution in [3.05, 3.63) is 0 Å². The van der Waals surface area contributed by atoms with Crippen molar-refractivity contribution in [2.75, 3.05) is 20.7 Å². The highest BCUT2D eigenvalue weighted by molar-refractivity contribution is 7.87. The first-order valence-corrected chi connectivity index (χ1v) is 5.70. The van der Waals surface area contributed by atoms with Gasteiger partial charge in [-0.15, -0.1) is 0 Å². The Bertz CT molecular complexity index is 310. The largest absolute Gasteiger partial charge is 0.468 e. The summed E-state index contributed by atoms with van der Waals surface area (Å²) in [4.78, 5) is 10.8. The predicted octanol–water partition coefficient (Wildman–Crippen LogP) is -0.912. The van der Waals surface area contributed by atoms with E-state index in [4.69, 9.17) is 0 Å². The number of nitrogens with zero attached hydrogens (tertiary/aromatic N) is 1. The Balaban J connectivity index is 2.48. The molecule has 7 heteroatoms. The summed E-state index contributed by atoms with van der Waals surface area (Å²) in [6.07, 6.45) is 1.73. The Kier molecular flexibility index (Phi) is 3.46. The highest BCUT2D eigenvalue weighted by Gasteiger charge is 2.30. The van der Waals surface area contributed by atoms with Gasteiger partial charge >= 0.3 is 5.97 Å². The molecule has 0 amide bonds. The highest BCUT2D eigenvalue weighted by Crippen LogP contribution is 2.20. The summed E-state index contributed by atoms with van der Waals surface area (Å²) in [5, 5.41) is 0. The number of hydrogen-bond donors (Lipinski definition) is 1. The molecule has 1 aliphatic carbocycles. The molecule has 0 saturated heterocycles. The normalized spacial score (nSPS) is 17.1. The number of ether oxygens (including phenoxy) is 1. The third-order valence-corrected chi connectivity index (χ3v) is 3.46. The second-order valence-corrected chi connectivity index (χ2v) is 5.04. The molecule has 0 radical (unpaired) electrons. The smallest absolute Gasteiger partial charge is 0.321 e. The van der Waals surface area contributed by atoms with Crippen LogP contribution in [-0.4, -0.2) is 45.4 Å². The molecule has 1 saturated carbocycles. The fraction of sp³-hybridized carbons (Fsp3) is 0.857. The first-order valence-electron chi connectivity index (χ1n) is 4.26. The van der Waals surface area contributed by atoms with Crippen LogP contribution in [-0.2, 0) is 19.7 Å². The monoisotopic (exact) mass is 222 g/mol. The summed E-state index contributed by atoms with van der Waals surface area (Å²) in [7, 11) is -0.965. The highest BCUT2D eigenvalue weighted by atomic mass is 32.2. The topological polar surface area (TPSA) is 75.7 Å². The van der Waals surface area contributed by atoms with Gasteiger partial charge in [-0.25, -0.2) is 0 Å². The fourth-order valence-corrected chi connectivity index (χ4v) is 1.95. The van der Waals surface area contributed by atoms with Crippen molar-refractivity contribution in [3.8, 4) is 0 Å². The maximum Gasteiger partial charge on any atom is 0.321 e. The molecule has 1 N–H and O–H groups in total. The minimum atomic E-state index is -3.52. The molecule has 0 aromatic rings. The van der Waals surface area contributed by atoms with E-state index in [1.807, 2.05) is 0 Å². The third-order valence-electron chi connectivity index (χ3n) is 1.88. The lowest BCUT2D eigenvalue weighted by atomic mass is 10.7. The van der Waals surface area contributed by atoms with E-state index in [1.165, 1.54) is 14.2 Å². The van der Waals surface area contributed by atoms with Crippen LogP contribution in [0, 0.1) is 0 Å². The number of nitrogens with one attached hydrogen (secondary N) is 1. The van der Waals surface area contributed by atoms with Gasteiger partial charge in [0.15, 0.2) is 0 Å². The van der Waals surface area contributed by atoms with E-state index < -0.39 is 16.2 Å². The fourth-order valence-electron chi connectivity index (χ4n) is 0.833. The van der Waals surface area contributed by atoms with E-state index in [0.717, 1.165) is 17.1 Å². The molecule has 0 atom stereocenters. The van der Waals surface area contributed by atoms with Crippen LogP contribution in [0.25, 0.3) is 0 Å². The van der Waals surface area contributed by atoms with Crippen LogP contribution in [0.15, 0.2) is 0 Å². The third kappa shape index (κ3) is 3.24. The van der Waals surface area contributed by atoms with Crippen LogP contribution in [0.3, 0.4) is 0 Å². The second kappa shape index (κ2) is 4.24. The Morgan fingerprint density at radius 1 is 1.57 bits per heavy atom. The molecule has 0 spiro atoms. The van der Waals surface area contributed by atoms with Gasteiger partial charge in [0.1, 0.15) is 6.54 Å². The zero-order valence-electron chi connectivity index (χ0n) is 8.19. The van der Waals surface area contributed by atoms with Gasteiger partial charge in [0.25, 0.3) is 10.2 Å². The first kappa shape index (κ1) is 11.4. The minimum Gasteiger partial charge on any atom is -0.468 e. The summed E-state index contributed by atoms with van der Waals surface area (Å²) in [5.74, 6) is -0.575. The summed E-state index contributed by atoms with van der Waals surface area (Å²) in [6, 6.07) is 0.0418. The van der Waals surface area contributed by atoms with Gasteiger partial charge in [-0.1, -0.05) is 0 Å². The van der Waals surface area contributed by atoms with Gasteiger partial charge in [-0.3, -0.25) is 4.79 Å². The average molecular weight is 222 g/mol. The van der Waals surface area contributed by atoms with Gasteiger partial charge < -0.3 is 4.74 Å². The van der Waals surface area contributed by atoms with Crippen molar-refractivity contribution < 1.29 is 17.9 Å². The predicted molar refractivity (Wildman–Crippen MR) is 49.7 cm³/mol. The Morgan fingerprint density at radius 3 is 2.57 bits per heavy atom. The van der Waals surface area contributed by atoms with Crippen molar-refractivity contribution in [1.82, 2.24) is 9.03 Å². The van der Waals surface area contributed by atoms with Crippen LogP contribution in [0.5, 0.6) is 0 Å². The van der Waals surface area contributed by atoms with Gasteiger partial charge in [0.2, 0.25) is 0 Å². The van der Waals surface area contributed by atoms with Crippen molar-refractivity contribution in [2.45, 2.75) is 18.9 Å². The lowest BCUT2D eigenvalue weighted by Crippen LogP contribution is -2.41. The quantitative estimate of drug-likeness (QED) is 0.611. The van der Waals surface area contributed by atoms with Crippen LogP contribution in [0.4, 0.5) is 0 Å². The SMILES string of the molecule is COC(=O)CN(C)S(=O)(=O)NC1CC1. The second-order valence-electron chi connectivity index (χ2n) is 3.23. The molecule has 0 aromatic heterocycles. The molecule has 6 nitrogen and oxygen atoms in total. The Labute approximate surface area is 83.4 Å². The van der Waals surface area contributed by atoms with Crippen LogP contribution >= 0.6 is 0 Å². The summed E-state index contributed by atoms with van der Waals surface area (Å²) in [5.41, 5.74) is 0. The zero-order valence-corrected chi connectivity index (χ0v) is 9.00. The Hall–Kier alpha value is -0.660. The van der Waals surface area contributed by atoms with Gasteiger partial charge in [-0.2, -0.15) is 17.4 Å². The van der Waals surface area contributed by atoms with E-state index >= 15 is 0 Å². The van der Waals surface area contributed by atoms with E-state index in [-0.39, 0.29) is 12.6 Å². The molecule has 0 heterocycles. The Morgan fingerprint density at radius 2 is 2.14 bits per heavy atom. The van der Waals surface area contributed by atoms with E-state index in [1.54, 1.807) is 0 Å². The maximum absolute atomic E-state index is 11.4. The number of esters is 1. The molecular formula is C7H14N2O4S. The van der Waals surface area contributed by atoms with Crippen molar-refractivity contribution in [1.29, 1.82) is 0 Å². The van der Waals surface area contributed by atoms with Crippen molar-refractivity contribution >= 4 is 16.2 Å². The number of rotatable bonds is 5. The molecule has 0 unspecified atom stereocenters. The van der Waals surface area contributed by atoms with E-state index in [2.05, 4.69) is 9.46 Å². The molecule has 0 aliphatic heterocycles. The molecule has 0 aromatic carbocycles. The molecule has 1 aliphatic rings. The summed E-state index contributed by atoms with van der Waals surface area (Å²) in [6.45, 7) is -0.265. The van der Waals surface area contributed by atoms with Crippen LogP contribution < -0.4 is 4.72 Å².